The van der Waals surface area contributed by atoms with Crippen LogP contribution in [0.1, 0.15) is 0 Å². The first-order chi connectivity index (χ1) is 10.8. The summed E-state index contributed by atoms with van der Waals surface area (Å²) >= 11 is 0. The number of ether oxygens (including phenoxy) is 3. The smallest absolute Gasteiger partial charge is 0.378 e. The number of hydrogen-bond donors (Lipinski definition) is 7. The van der Waals surface area contributed by atoms with Crippen LogP contribution in [0, 0.1) is 0 Å². The topological polar surface area (TPSA) is 186 Å². The van der Waals surface area contributed by atoms with Crippen LogP contribution < -0.4 is 0 Å². The van der Waals surface area contributed by atoms with E-state index in [1.165, 1.54) is 0 Å². The quantitative estimate of drug-likeness (QED) is 0.241. The fourth-order valence-electron chi connectivity index (χ4n) is 2.20. The van der Waals surface area contributed by atoms with E-state index in [0.717, 1.165) is 0 Å². The Bertz CT molecular complexity index is 476. The van der Waals surface area contributed by atoms with Crippen molar-refractivity contribution in [1.29, 1.82) is 0 Å². The van der Waals surface area contributed by atoms with Crippen molar-refractivity contribution in [3.63, 3.8) is 0 Å². The molecule has 0 spiro atoms. The maximum absolute atomic E-state index is 11.6. The number of esters is 1. The molecule has 2 aliphatic rings. The monoisotopic (exact) mass is 338 g/mol. The second-order valence-corrected chi connectivity index (χ2v) is 5.11. The lowest BCUT2D eigenvalue weighted by Crippen LogP contribution is -2.59. The van der Waals surface area contributed by atoms with E-state index < -0.39 is 73.6 Å². The molecule has 0 aromatic carbocycles. The molecule has 2 rings (SSSR count). The lowest BCUT2D eigenvalue weighted by molar-refractivity contribution is -0.291. The Morgan fingerprint density at radius 3 is 2.35 bits per heavy atom. The number of carbonyl (C=O) groups is 1. The summed E-state index contributed by atoms with van der Waals surface area (Å²) < 4.78 is 14.6. The van der Waals surface area contributed by atoms with Gasteiger partial charge in [0, 0.05) is 0 Å². The van der Waals surface area contributed by atoms with Gasteiger partial charge in [0.05, 0.1) is 13.2 Å². The molecule has 0 saturated carbocycles. The predicted octanol–water partition coefficient (Wildman–Crippen LogP) is -4.15. The summed E-state index contributed by atoms with van der Waals surface area (Å²) in [6.45, 7) is -1.50. The van der Waals surface area contributed by atoms with Crippen LogP contribution >= 0.6 is 0 Å². The Labute approximate surface area is 129 Å². The van der Waals surface area contributed by atoms with Crippen LogP contribution in [0.25, 0.3) is 0 Å². The molecule has 11 heteroatoms. The average molecular weight is 338 g/mol. The van der Waals surface area contributed by atoms with Crippen molar-refractivity contribution in [2.45, 2.75) is 42.9 Å². The molecular formula is C12H18O11. The summed E-state index contributed by atoms with van der Waals surface area (Å²) in [6, 6.07) is 0. The van der Waals surface area contributed by atoms with Crippen molar-refractivity contribution >= 4 is 5.97 Å². The highest BCUT2D eigenvalue weighted by atomic mass is 16.7. The van der Waals surface area contributed by atoms with E-state index in [4.69, 9.17) is 19.7 Å². The predicted molar refractivity (Wildman–Crippen MR) is 67.5 cm³/mol. The fraction of sp³-hybridized carbons (Fsp3) is 0.750. The molecule has 0 aliphatic carbocycles. The van der Waals surface area contributed by atoms with Crippen molar-refractivity contribution in [2.75, 3.05) is 13.2 Å². The summed E-state index contributed by atoms with van der Waals surface area (Å²) in [5, 5.41) is 66.1. The van der Waals surface area contributed by atoms with Gasteiger partial charge in [0.15, 0.2) is 11.9 Å². The van der Waals surface area contributed by atoms with Crippen LogP contribution in [-0.4, -0.2) is 97.8 Å². The Morgan fingerprint density at radius 1 is 1.13 bits per heavy atom. The molecule has 132 valence electrons. The lowest BCUT2D eigenvalue weighted by atomic mass is 9.99. The van der Waals surface area contributed by atoms with E-state index in [-0.39, 0.29) is 0 Å². The first-order valence-corrected chi connectivity index (χ1v) is 6.72. The highest BCUT2D eigenvalue weighted by molar-refractivity contribution is 5.89. The van der Waals surface area contributed by atoms with E-state index in [1.807, 2.05) is 0 Å². The first-order valence-electron chi connectivity index (χ1n) is 6.72. The number of carbonyl (C=O) groups excluding carboxylic acids is 1. The Morgan fingerprint density at radius 2 is 1.78 bits per heavy atom. The van der Waals surface area contributed by atoms with E-state index in [0.29, 0.717) is 0 Å². The Balaban J connectivity index is 2.16. The van der Waals surface area contributed by atoms with E-state index in [2.05, 4.69) is 4.74 Å². The van der Waals surface area contributed by atoms with Gasteiger partial charge < -0.3 is 50.0 Å². The van der Waals surface area contributed by atoms with Gasteiger partial charge in [0.2, 0.25) is 12.0 Å². The lowest BCUT2D eigenvalue weighted by Gasteiger charge is -2.39. The van der Waals surface area contributed by atoms with Crippen molar-refractivity contribution in [3.05, 3.63) is 11.5 Å². The summed E-state index contributed by atoms with van der Waals surface area (Å²) in [5.74, 6) is -2.79. The van der Waals surface area contributed by atoms with Gasteiger partial charge in [-0.1, -0.05) is 0 Å². The van der Waals surface area contributed by atoms with Crippen LogP contribution in [0.15, 0.2) is 11.5 Å². The van der Waals surface area contributed by atoms with E-state index in [9.17, 15) is 30.3 Å². The number of cyclic esters (lactones) is 1. The fourth-order valence-corrected chi connectivity index (χ4v) is 2.20. The maximum Gasteiger partial charge on any atom is 0.378 e. The highest BCUT2D eigenvalue weighted by Crippen LogP contribution is 2.29. The van der Waals surface area contributed by atoms with Crippen LogP contribution in [0.2, 0.25) is 0 Å². The van der Waals surface area contributed by atoms with Crippen LogP contribution in [-0.2, 0) is 19.0 Å². The largest absolute Gasteiger partial charge is 0.505 e. The van der Waals surface area contributed by atoms with Gasteiger partial charge in [-0.2, -0.15) is 0 Å². The Hall–Kier alpha value is -1.47. The molecule has 0 amide bonds. The number of aliphatic hydroxyl groups is 7. The van der Waals surface area contributed by atoms with Gasteiger partial charge in [-0.25, -0.2) is 4.79 Å². The molecule has 1 saturated heterocycles. The molecule has 1 fully saturated rings. The van der Waals surface area contributed by atoms with Crippen molar-refractivity contribution in [3.8, 4) is 0 Å². The summed E-state index contributed by atoms with van der Waals surface area (Å²) in [5.41, 5.74) is 0. The SMILES string of the molecule is O=C1O[C@H](C(O)CO)C(O)=C1O[C@@H]1O[C@H](CO)[C@@H](O)[C@H](O)[C@H]1O. The van der Waals surface area contributed by atoms with Crippen molar-refractivity contribution < 1.29 is 54.8 Å². The molecule has 1 unspecified atom stereocenters. The van der Waals surface area contributed by atoms with E-state index in [1.54, 1.807) is 0 Å². The van der Waals surface area contributed by atoms with Crippen LogP contribution in [0.5, 0.6) is 0 Å². The maximum atomic E-state index is 11.6. The zero-order valence-electron chi connectivity index (χ0n) is 11.7. The molecule has 7 N–H and O–H groups in total. The van der Waals surface area contributed by atoms with Gasteiger partial charge in [0.1, 0.15) is 30.5 Å². The minimum Gasteiger partial charge on any atom is -0.505 e. The molecule has 11 nitrogen and oxygen atoms in total. The number of rotatable bonds is 5. The molecule has 0 aromatic heterocycles. The first kappa shape index (κ1) is 17.9. The molecule has 0 bridgehead atoms. The molecular weight excluding hydrogens is 320 g/mol. The zero-order chi connectivity index (χ0) is 17.3. The third kappa shape index (κ3) is 3.26. The van der Waals surface area contributed by atoms with Crippen LogP contribution in [0.4, 0.5) is 0 Å². The number of aliphatic hydroxyl groups excluding tert-OH is 7. The zero-order valence-corrected chi connectivity index (χ0v) is 11.7. The van der Waals surface area contributed by atoms with Crippen molar-refractivity contribution in [1.82, 2.24) is 0 Å². The minimum absolute atomic E-state index is 0.702. The molecule has 2 aliphatic heterocycles. The van der Waals surface area contributed by atoms with Gasteiger partial charge in [0.25, 0.3) is 0 Å². The summed E-state index contributed by atoms with van der Waals surface area (Å²) in [6.07, 6.45) is -11.2. The third-order valence-corrected chi connectivity index (χ3v) is 3.54. The van der Waals surface area contributed by atoms with Gasteiger partial charge in [-0.05, 0) is 0 Å². The number of hydrogen-bond acceptors (Lipinski definition) is 11. The Kier molecular flexibility index (Phi) is 5.41. The van der Waals surface area contributed by atoms with Crippen LogP contribution in [0.3, 0.4) is 0 Å². The molecule has 7 atom stereocenters. The molecule has 2 heterocycles. The highest BCUT2D eigenvalue weighted by Gasteiger charge is 2.48. The van der Waals surface area contributed by atoms with Gasteiger partial charge in [-0.15, -0.1) is 0 Å². The standard InChI is InChI=1S/C12H18O11/c13-1-3(15)9-8(19)10(11(20)22-9)23-12-7(18)6(17)5(16)4(2-14)21-12/h3-7,9,12-19H,1-2H2/t3?,4-,5-,6+,7-,9-,12+/m1/s1. The average Bonchev–Trinajstić information content (AvgIpc) is 2.82. The molecule has 23 heavy (non-hydrogen) atoms. The summed E-state index contributed by atoms with van der Waals surface area (Å²) in [7, 11) is 0. The third-order valence-electron chi connectivity index (χ3n) is 3.54. The van der Waals surface area contributed by atoms with Gasteiger partial charge in [-0.3, -0.25) is 0 Å². The molecule has 0 aromatic rings. The van der Waals surface area contributed by atoms with Crippen molar-refractivity contribution in [2.24, 2.45) is 0 Å². The second-order valence-electron chi connectivity index (χ2n) is 5.11. The minimum atomic E-state index is -1.79. The normalized spacial score (nSPS) is 39.3. The second kappa shape index (κ2) is 6.97. The van der Waals surface area contributed by atoms with E-state index >= 15 is 0 Å². The molecule has 0 radical (unpaired) electrons. The van der Waals surface area contributed by atoms with Gasteiger partial charge >= 0.3 is 5.97 Å². The summed E-state index contributed by atoms with van der Waals surface area (Å²) in [4.78, 5) is 11.6.